The van der Waals surface area contributed by atoms with Gasteiger partial charge < -0.3 is 9.15 Å². The lowest BCUT2D eigenvalue weighted by molar-refractivity contribution is 0.415. The maximum absolute atomic E-state index is 12.9. The zero-order valence-electron chi connectivity index (χ0n) is 16.1. The third kappa shape index (κ3) is 3.11. The van der Waals surface area contributed by atoms with Crippen LogP contribution in [0.4, 0.5) is 0 Å². The van der Waals surface area contributed by atoms with Gasteiger partial charge in [0.15, 0.2) is 5.52 Å². The summed E-state index contributed by atoms with van der Waals surface area (Å²) in [6.45, 7) is 0. The van der Waals surface area contributed by atoms with Crippen LogP contribution in [0.25, 0.3) is 44.3 Å². The van der Waals surface area contributed by atoms with E-state index in [1.165, 1.54) is 0 Å². The fourth-order valence-electron chi connectivity index (χ4n) is 3.65. The average Bonchev–Trinajstić information content (AvgIpc) is 2.79. The minimum atomic E-state index is -0.476. The second kappa shape index (κ2) is 7.32. The van der Waals surface area contributed by atoms with Crippen molar-refractivity contribution in [2.24, 2.45) is 0 Å². The molecule has 0 radical (unpaired) electrons. The molecule has 5 rings (SSSR count). The van der Waals surface area contributed by atoms with Crippen LogP contribution in [0.3, 0.4) is 0 Å². The van der Waals surface area contributed by atoms with Crippen molar-refractivity contribution < 1.29 is 9.15 Å². The first kappa shape index (κ1) is 18.4. The van der Waals surface area contributed by atoms with Crippen molar-refractivity contribution in [3.63, 3.8) is 0 Å². The van der Waals surface area contributed by atoms with Gasteiger partial charge in [0, 0.05) is 21.4 Å². The Balaban J connectivity index is 1.94. The minimum absolute atomic E-state index is 0.280. The molecule has 5 heteroatoms. The zero-order valence-corrected chi connectivity index (χ0v) is 16.8. The number of halogens is 1. The first-order valence-electron chi connectivity index (χ1n) is 9.41. The molecule has 0 fully saturated rings. The first-order valence-corrected chi connectivity index (χ1v) is 9.79. The van der Waals surface area contributed by atoms with Crippen LogP contribution in [0, 0.1) is 0 Å². The van der Waals surface area contributed by atoms with Crippen LogP contribution in [0.2, 0.25) is 5.02 Å². The molecule has 3 aromatic carbocycles. The molecule has 5 aromatic rings. The van der Waals surface area contributed by atoms with E-state index in [4.69, 9.17) is 20.8 Å². The lowest BCUT2D eigenvalue weighted by Gasteiger charge is -2.12. The van der Waals surface area contributed by atoms with Gasteiger partial charge in [0.1, 0.15) is 11.3 Å². The second-order valence-corrected chi connectivity index (χ2v) is 7.34. The van der Waals surface area contributed by atoms with Gasteiger partial charge in [-0.1, -0.05) is 54.1 Å². The molecule has 0 N–H and O–H groups in total. The Labute approximate surface area is 177 Å². The van der Waals surface area contributed by atoms with Crippen molar-refractivity contribution in [1.29, 1.82) is 0 Å². The maximum Gasteiger partial charge on any atom is 0.363 e. The van der Waals surface area contributed by atoms with E-state index in [1.54, 1.807) is 31.4 Å². The average molecular weight is 414 g/mol. The molecule has 0 amide bonds. The van der Waals surface area contributed by atoms with E-state index in [2.05, 4.69) is 4.98 Å². The van der Waals surface area contributed by atoms with Gasteiger partial charge in [-0.15, -0.1) is 0 Å². The molecule has 0 aliphatic heterocycles. The summed E-state index contributed by atoms with van der Waals surface area (Å²) in [4.78, 5) is 17.6. The summed E-state index contributed by atoms with van der Waals surface area (Å²) in [5, 5.41) is 2.16. The number of fused-ring (bicyclic) bond motifs is 3. The molecular weight excluding hydrogens is 398 g/mol. The number of nitrogens with zero attached hydrogens (tertiary/aromatic N) is 1. The SMILES string of the molecule is COc1ccc2oc(=O)c3nc(-c4ccc(Cl)cc4)cc(-c4ccccc4)c3c2c1. The highest BCUT2D eigenvalue weighted by atomic mass is 35.5. The van der Waals surface area contributed by atoms with E-state index in [0.717, 1.165) is 27.5 Å². The van der Waals surface area contributed by atoms with Crippen molar-refractivity contribution in [1.82, 2.24) is 4.98 Å². The van der Waals surface area contributed by atoms with Gasteiger partial charge in [-0.2, -0.15) is 0 Å². The molecule has 30 heavy (non-hydrogen) atoms. The molecule has 2 heterocycles. The zero-order chi connectivity index (χ0) is 20.7. The highest BCUT2D eigenvalue weighted by Crippen LogP contribution is 2.36. The summed E-state index contributed by atoms with van der Waals surface area (Å²) in [5.74, 6) is 0.679. The summed E-state index contributed by atoms with van der Waals surface area (Å²) in [5.41, 5.74) is 3.71. The van der Waals surface area contributed by atoms with Crippen LogP contribution in [0.15, 0.2) is 88.1 Å². The molecule has 4 nitrogen and oxygen atoms in total. The molecule has 0 spiro atoms. The highest BCUT2D eigenvalue weighted by Gasteiger charge is 2.17. The van der Waals surface area contributed by atoms with E-state index in [0.29, 0.717) is 22.0 Å². The van der Waals surface area contributed by atoms with E-state index >= 15 is 0 Å². The summed E-state index contributed by atoms with van der Waals surface area (Å²) in [7, 11) is 1.61. The van der Waals surface area contributed by atoms with E-state index in [9.17, 15) is 4.79 Å². The monoisotopic (exact) mass is 413 g/mol. The fourth-order valence-corrected chi connectivity index (χ4v) is 3.77. The number of pyridine rings is 1. The molecule has 0 aliphatic carbocycles. The molecule has 0 saturated heterocycles. The van der Waals surface area contributed by atoms with Crippen LogP contribution >= 0.6 is 11.6 Å². The topological polar surface area (TPSA) is 52.3 Å². The van der Waals surface area contributed by atoms with Crippen LogP contribution < -0.4 is 10.4 Å². The van der Waals surface area contributed by atoms with Crippen LogP contribution in [0.1, 0.15) is 0 Å². The number of methoxy groups -OCH3 is 1. The third-order valence-electron chi connectivity index (χ3n) is 5.10. The van der Waals surface area contributed by atoms with Gasteiger partial charge in [-0.3, -0.25) is 0 Å². The summed E-state index contributed by atoms with van der Waals surface area (Å²) in [6.07, 6.45) is 0. The van der Waals surface area contributed by atoms with Gasteiger partial charge >= 0.3 is 5.63 Å². The van der Waals surface area contributed by atoms with Crippen molar-refractivity contribution in [3.05, 3.63) is 94.3 Å². The van der Waals surface area contributed by atoms with Gasteiger partial charge in [0.2, 0.25) is 0 Å². The molecule has 0 aliphatic rings. The van der Waals surface area contributed by atoms with Crippen LogP contribution in [-0.2, 0) is 0 Å². The van der Waals surface area contributed by atoms with Crippen molar-refractivity contribution >= 4 is 33.5 Å². The fraction of sp³-hybridized carbons (Fsp3) is 0.0400. The van der Waals surface area contributed by atoms with Gasteiger partial charge in [-0.25, -0.2) is 9.78 Å². The van der Waals surface area contributed by atoms with Gasteiger partial charge in [0.05, 0.1) is 12.8 Å². The number of aromatic nitrogens is 1. The summed E-state index contributed by atoms with van der Waals surface area (Å²) >= 11 is 6.04. The van der Waals surface area contributed by atoms with Crippen molar-refractivity contribution in [2.75, 3.05) is 7.11 Å². The minimum Gasteiger partial charge on any atom is -0.497 e. The normalized spacial score (nSPS) is 11.1. The first-order chi connectivity index (χ1) is 14.6. The summed E-state index contributed by atoms with van der Waals surface area (Å²) in [6, 6.07) is 24.7. The predicted molar refractivity (Wildman–Crippen MR) is 120 cm³/mol. The summed E-state index contributed by atoms with van der Waals surface area (Å²) < 4.78 is 11.0. The molecule has 146 valence electrons. The Kier molecular flexibility index (Phi) is 4.49. The van der Waals surface area contributed by atoms with E-state index in [1.807, 2.05) is 54.6 Å². The molecule has 0 unspecified atom stereocenters. The number of benzene rings is 3. The Bertz CT molecular complexity index is 1440. The molecule has 0 saturated carbocycles. The smallest absolute Gasteiger partial charge is 0.363 e. The van der Waals surface area contributed by atoms with E-state index < -0.39 is 5.63 Å². The third-order valence-corrected chi connectivity index (χ3v) is 5.35. The second-order valence-electron chi connectivity index (χ2n) is 6.90. The Morgan fingerprint density at radius 2 is 1.67 bits per heavy atom. The largest absolute Gasteiger partial charge is 0.497 e. The van der Waals surface area contributed by atoms with Gasteiger partial charge in [-0.05, 0) is 47.5 Å². The predicted octanol–water partition coefficient (Wildman–Crippen LogP) is 6.34. The molecule has 0 atom stereocenters. The molecule has 2 aromatic heterocycles. The quantitative estimate of drug-likeness (QED) is 0.256. The Morgan fingerprint density at radius 3 is 2.40 bits per heavy atom. The maximum atomic E-state index is 12.9. The highest BCUT2D eigenvalue weighted by molar-refractivity contribution is 6.30. The lowest BCUT2D eigenvalue weighted by Crippen LogP contribution is -2.04. The number of hydrogen-bond donors (Lipinski definition) is 0. The van der Waals surface area contributed by atoms with Crippen molar-refractivity contribution in [3.8, 4) is 28.1 Å². The molecular formula is C25H16ClNO3. The standard InChI is InChI=1S/C25H16ClNO3/c1-29-18-11-12-22-20(13-18)23-19(15-5-3-2-4-6-15)14-21(27-24(23)25(28)30-22)16-7-9-17(26)10-8-16/h2-14H,1H3. The van der Waals surface area contributed by atoms with Crippen LogP contribution in [0.5, 0.6) is 5.75 Å². The van der Waals surface area contributed by atoms with Crippen molar-refractivity contribution in [2.45, 2.75) is 0 Å². The van der Waals surface area contributed by atoms with Crippen LogP contribution in [-0.4, -0.2) is 12.1 Å². The lowest BCUT2D eigenvalue weighted by atomic mass is 9.96. The Morgan fingerprint density at radius 1 is 0.900 bits per heavy atom. The number of hydrogen-bond acceptors (Lipinski definition) is 4. The molecule has 0 bridgehead atoms. The van der Waals surface area contributed by atoms with E-state index in [-0.39, 0.29) is 5.52 Å². The van der Waals surface area contributed by atoms with Gasteiger partial charge in [0.25, 0.3) is 0 Å². The number of ether oxygens (including phenoxy) is 1. The number of rotatable bonds is 3. The Hall–Kier alpha value is -3.63.